The summed E-state index contributed by atoms with van der Waals surface area (Å²) >= 11 is 0. The molecule has 14 heavy (non-hydrogen) atoms. The van der Waals surface area contributed by atoms with Gasteiger partial charge in [0.2, 0.25) is 0 Å². The van der Waals surface area contributed by atoms with Crippen LogP contribution >= 0.6 is 0 Å². The average Bonchev–Trinajstić information content (AvgIpc) is 2.67. The van der Waals surface area contributed by atoms with Crippen LogP contribution in [0.25, 0.3) is 11.4 Å². The van der Waals surface area contributed by atoms with Crippen LogP contribution in [-0.2, 0) is 6.54 Å². The van der Waals surface area contributed by atoms with Crippen LogP contribution in [0.5, 0.6) is 0 Å². The quantitative estimate of drug-likeness (QED) is 0.733. The van der Waals surface area contributed by atoms with E-state index in [4.69, 9.17) is 5.73 Å². The van der Waals surface area contributed by atoms with Crippen LogP contribution in [0, 0.1) is 6.92 Å². The second-order valence-electron chi connectivity index (χ2n) is 2.81. The first-order valence-corrected chi connectivity index (χ1v) is 4.12. The molecule has 0 unspecified atom stereocenters. The highest BCUT2D eigenvalue weighted by molar-refractivity contribution is 5.54. The molecule has 2 heterocycles. The summed E-state index contributed by atoms with van der Waals surface area (Å²) in [6, 6.07) is 0. The van der Waals surface area contributed by atoms with E-state index < -0.39 is 0 Å². The van der Waals surface area contributed by atoms with E-state index >= 15 is 0 Å². The topological polar surface area (TPSA) is 90.7 Å². The van der Waals surface area contributed by atoms with Crippen LogP contribution in [0.2, 0.25) is 0 Å². The first-order chi connectivity index (χ1) is 6.81. The number of aromatic nitrogens is 4. The molecule has 0 atom stereocenters. The van der Waals surface area contributed by atoms with Crippen molar-refractivity contribution in [2.24, 2.45) is 5.73 Å². The fourth-order valence-electron chi connectivity index (χ4n) is 1.05. The Labute approximate surface area is 80.1 Å². The van der Waals surface area contributed by atoms with Gasteiger partial charge in [-0.25, -0.2) is 4.63 Å². The van der Waals surface area contributed by atoms with Gasteiger partial charge in [-0.1, -0.05) is 5.16 Å². The fraction of sp³-hybridized carbons (Fsp3) is 0.250. The molecule has 0 amide bonds. The lowest BCUT2D eigenvalue weighted by Crippen LogP contribution is -1.99. The number of nitrogens with two attached hydrogens (primary N) is 1. The maximum atomic E-state index is 5.45. The third kappa shape index (κ3) is 1.47. The van der Waals surface area contributed by atoms with Gasteiger partial charge in [-0.3, -0.25) is 9.97 Å². The number of aryl methyl sites for hydroxylation is 1. The van der Waals surface area contributed by atoms with E-state index in [1.165, 1.54) is 0 Å². The van der Waals surface area contributed by atoms with Crippen LogP contribution in [0.4, 0.5) is 0 Å². The zero-order valence-electron chi connectivity index (χ0n) is 7.64. The normalized spacial score (nSPS) is 10.4. The number of hydrogen-bond donors (Lipinski definition) is 1. The van der Waals surface area contributed by atoms with Gasteiger partial charge in [0, 0.05) is 12.7 Å². The van der Waals surface area contributed by atoms with Crippen molar-refractivity contribution in [1.29, 1.82) is 0 Å². The standard InChI is InChI=1S/C8H9N5O/c1-5-3-11-7(4-10-5)8-6(2-9)12-14-13-8/h3-4H,2,9H2,1H3. The summed E-state index contributed by atoms with van der Waals surface area (Å²) in [5, 5.41) is 7.37. The molecule has 0 fully saturated rings. The first kappa shape index (κ1) is 8.76. The minimum Gasteiger partial charge on any atom is -0.325 e. The van der Waals surface area contributed by atoms with Crippen LogP contribution in [0.15, 0.2) is 17.0 Å². The number of nitrogens with zero attached hydrogens (tertiary/aromatic N) is 4. The second kappa shape index (κ2) is 3.51. The highest BCUT2D eigenvalue weighted by atomic mass is 16.6. The van der Waals surface area contributed by atoms with E-state index in [2.05, 4.69) is 24.9 Å². The minimum atomic E-state index is 0.272. The summed E-state index contributed by atoms with van der Waals surface area (Å²) < 4.78 is 4.57. The summed E-state index contributed by atoms with van der Waals surface area (Å²) in [4.78, 5) is 8.25. The van der Waals surface area contributed by atoms with Gasteiger partial charge in [0.25, 0.3) is 0 Å². The fourth-order valence-corrected chi connectivity index (χ4v) is 1.05. The van der Waals surface area contributed by atoms with Crippen molar-refractivity contribution >= 4 is 0 Å². The Bertz CT molecular complexity index is 422. The van der Waals surface area contributed by atoms with Crippen molar-refractivity contribution in [2.45, 2.75) is 13.5 Å². The lowest BCUT2D eigenvalue weighted by molar-refractivity contribution is 0.304. The molecule has 2 N–H and O–H groups in total. The Kier molecular flexibility index (Phi) is 2.19. The van der Waals surface area contributed by atoms with Crippen LogP contribution in [0.1, 0.15) is 11.4 Å². The van der Waals surface area contributed by atoms with Crippen molar-refractivity contribution in [2.75, 3.05) is 0 Å². The van der Waals surface area contributed by atoms with Gasteiger partial charge in [-0.05, 0) is 12.1 Å². The second-order valence-corrected chi connectivity index (χ2v) is 2.81. The molecule has 6 nitrogen and oxygen atoms in total. The molecule has 0 aliphatic carbocycles. The summed E-state index contributed by atoms with van der Waals surface area (Å²) in [7, 11) is 0. The van der Waals surface area contributed by atoms with E-state index in [1.807, 2.05) is 6.92 Å². The Balaban J connectivity index is 2.44. The van der Waals surface area contributed by atoms with Gasteiger partial charge < -0.3 is 5.73 Å². The largest absolute Gasteiger partial charge is 0.325 e. The van der Waals surface area contributed by atoms with Gasteiger partial charge in [0.1, 0.15) is 11.4 Å². The predicted molar refractivity (Wildman–Crippen MR) is 48.0 cm³/mol. The lowest BCUT2D eigenvalue weighted by Gasteiger charge is -1.95. The molecule has 6 heteroatoms. The molecular weight excluding hydrogens is 182 g/mol. The van der Waals surface area contributed by atoms with Crippen molar-refractivity contribution in [3.63, 3.8) is 0 Å². The minimum absolute atomic E-state index is 0.272. The maximum absolute atomic E-state index is 5.45. The molecule has 2 aromatic rings. The number of rotatable bonds is 2. The lowest BCUT2D eigenvalue weighted by atomic mass is 10.2. The molecule has 0 aliphatic rings. The Hall–Kier alpha value is -1.82. The van der Waals surface area contributed by atoms with Gasteiger partial charge in [-0.15, -0.1) is 0 Å². The maximum Gasteiger partial charge on any atom is 0.159 e. The molecule has 2 rings (SSSR count). The summed E-state index contributed by atoms with van der Waals surface area (Å²) in [5.41, 5.74) is 8.06. The van der Waals surface area contributed by atoms with E-state index in [0.29, 0.717) is 17.1 Å². The summed E-state index contributed by atoms with van der Waals surface area (Å²) in [5.74, 6) is 0. The van der Waals surface area contributed by atoms with Crippen LogP contribution in [-0.4, -0.2) is 20.3 Å². The molecule has 0 radical (unpaired) electrons. The molecule has 0 spiro atoms. The van der Waals surface area contributed by atoms with Gasteiger partial charge >= 0.3 is 0 Å². The SMILES string of the molecule is Cc1cnc(-c2nonc2CN)cn1. The molecule has 0 aliphatic heterocycles. The van der Waals surface area contributed by atoms with Crippen LogP contribution in [0.3, 0.4) is 0 Å². The smallest absolute Gasteiger partial charge is 0.159 e. The molecule has 2 aromatic heterocycles. The Morgan fingerprint density at radius 1 is 1.29 bits per heavy atom. The Morgan fingerprint density at radius 2 is 2.14 bits per heavy atom. The number of hydrogen-bond acceptors (Lipinski definition) is 6. The van der Waals surface area contributed by atoms with Crippen molar-refractivity contribution < 1.29 is 4.63 Å². The highest BCUT2D eigenvalue weighted by Gasteiger charge is 2.11. The van der Waals surface area contributed by atoms with Crippen molar-refractivity contribution in [3.8, 4) is 11.4 Å². The third-order valence-electron chi connectivity index (χ3n) is 1.77. The zero-order chi connectivity index (χ0) is 9.97. The summed E-state index contributed by atoms with van der Waals surface area (Å²) in [6.07, 6.45) is 3.28. The third-order valence-corrected chi connectivity index (χ3v) is 1.77. The first-order valence-electron chi connectivity index (χ1n) is 4.12. The Morgan fingerprint density at radius 3 is 2.79 bits per heavy atom. The van der Waals surface area contributed by atoms with E-state index in [1.54, 1.807) is 12.4 Å². The predicted octanol–water partition coefficient (Wildman–Crippen LogP) is 0.294. The zero-order valence-corrected chi connectivity index (χ0v) is 7.64. The molecule has 0 saturated carbocycles. The molecular formula is C8H9N5O. The van der Waals surface area contributed by atoms with Gasteiger partial charge in [0.15, 0.2) is 5.69 Å². The van der Waals surface area contributed by atoms with Gasteiger partial charge in [-0.2, -0.15) is 0 Å². The van der Waals surface area contributed by atoms with Crippen molar-refractivity contribution in [1.82, 2.24) is 20.3 Å². The van der Waals surface area contributed by atoms with E-state index in [9.17, 15) is 0 Å². The summed E-state index contributed by atoms with van der Waals surface area (Å²) in [6.45, 7) is 2.13. The van der Waals surface area contributed by atoms with E-state index in [0.717, 1.165) is 5.69 Å². The molecule has 0 saturated heterocycles. The molecule has 72 valence electrons. The van der Waals surface area contributed by atoms with E-state index in [-0.39, 0.29) is 6.54 Å². The monoisotopic (exact) mass is 191 g/mol. The average molecular weight is 191 g/mol. The molecule has 0 aromatic carbocycles. The van der Waals surface area contributed by atoms with Crippen molar-refractivity contribution in [3.05, 3.63) is 23.8 Å². The van der Waals surface area contributed by atoms with Gasteiger partial charge in [0.05, 0.1) is 11.9 Å². The van der Waals surface area contributed by atoms with Crippen LogP contribution < -0.4 is 5.73 Å². The molecule has 0 bridgehead atoms. The highest BCUT2D eigenvalue weighted by Crippen LogP contribution is 2.16.